The summed E-state index contributed by atoms with van der Waals surface area (Å²) in [4.78, 5) is 16.2. The van der Waals surface area contributed by atoms with Gasteiger partial charge in [-0.15, -0.1) is 0 Å². The van der Waals surface area contributed by atoms with Crippen LogP contribution < -0.4 is 10.6 Å². The second kappa shape index (κ2) is 6.65. The Morgan fingerprint density at radius 3 is 3.10 bits per heavy atom. The molecule has 2 atom stereocenters. The maximum atomic E-state index is 13.3. The molecule has 1 amide bonds. The zero-order valence-corrected chi connectivity index (χ0v) is 11.8. The molecule has 2 rings (SSSR count). The maximum Gasteiger partial charge on any atom is 0.255 e. The highest BCUT2D eigenvalue weighted by molar-refractivity contribution is 5.98. The first kappa shape index (κ1) is 14.7. The van der Waals surface area contributed by atoms with Gasteiger partial charge < -0.3 is 15.4 Å². The Morgan fingerprint density at radius 2 is 2.40 bits per heavy atom. The van der Waals surface area contributed by atoms with E-state index in [1.165, 1.54) is 6.07 Å². The van der Waals surface area contributed by atoms with Crippen molar-refractivity contribution in [2.75, 3.05) is 18.5 Å². The Morgan fingerprint density at radius 1 is 1.60 bits per heavy atom. The van der Waals surface area contributed by atoms with Crippen molar-refractivity contribution in [3.05, 3.63) is 23.6 Å². The van der Waals surface area contributed by atoms with Crippen molar-refractivity contribution in [2.24, 2.45) is 0 Å². The van der Waals surface area contributed by atoms with E-state index in [-0.39, 0.29) is 23.6 Å². The van der Waals surface area contributed by atoms with Crippen LogP contribution in [0.1, 0.15) is 37.0 Å². The minimum Gasteiger partial charge on any atom is -0.378 e. The van der Waals surface area contributed by atoms with Crippen molar-refractivity contribution in [3.8, 4) is 0 Å². The number of rotatable bonds is 4. The number of hydrogen-bond acceptors (Lipinski definition) is 4. The zero-order valence-electron chi connectivity index (χ0n) is 11.8. The highest BCUT2D eigenvalue weighted by Gasteiger charge is 2.23. The summed E-state index contributed by atoms with van der Waals surface area (Å²) in [7, 11) is 0. The Balaban J connectivity index is 2.09. The minimum atomic E-state index is -0.517. The first-order valence-corrected chi connectivity index (χ1v) is 6.92. The first-order valence-electron chi connectivity index (χ1n) is 6.92. The Hall–Kier alpha value is -1.69. The molecular weight excluding hydrogens is 261 g/mol. The lowest BCUT2D eigenvalue weighted by Crippen LogP contribution is -2.41. The average molecular weight is 281 g/mol. The summed E-state index contributed by atoms with van der Waals surface area (Å²) in [6.45, 7) is 5.12. The van der Waals surface area contributed by atoms with Crippen LogP contribution in [0.2, 0.25) is 0 Å². The maximum absolute atomic E-state index is 13.3. The van der Waals surface area contributed by atoms with Crippen LogP contribution in [-0.4, -0.2) is 36.2 Å². The lowest BCUT2D eigenvalue weighted by molar-refractivity contribution is 0.0136. The van der Waals surface area contributed by atoms with Gasteiger partial charge in [-0.1, -0.05) is 0 Å². The third kappa shape index (κ3) is 3.66. The first-order chi connectivity index (χ1) is 9.60. The van der Waals surface area contributed by atoms with Crippen LogP contribution in [0.25, 0.3) is 0 Å². The van der Waals surface area contributed by atoms with E-state index in [1.54, 1.807) is 0 Å². The van der Waals surface area contributed by atoms with Crippen LogP contribution >= 0.6 is 0 Å². The average Bonchev–Trinajstić information content (AvgIpc) is 2.41. The van der Waals surface area contributed by atoms with Crippen molar-refractivity contribution in [3.63, 3.8) is 0 Å². The molecule has 1 aromatic heterocycles. The fourth-order valence-electron chi connectivity index (χ4n) is 2.31. The second-order valence-electron chi connectivity index (χ2n) is 4.96. The molecule has 1 aliphatic heterocycles. The molecule has 0 aliphatic carbocycles. The van der Waals surface area contributed by atoms with Gasteiger partial charge in [0.2, 0.25) is 0 Å². The molecule has 20 heavy (non-hydrogen) atoms. The molecule has 1 aromatic rings. The van der Waals surface area contributed by atoms with E-state index in [2.05, 4.69) is 15.6 Å². The second-order valence-corrected chi connectivity index (χ2v) is 4.96. The number of carbonyl (C=O) groups excluding carboxylic acids is 1. The normalized spacial score (nSPS) is 22.4. The minimum absolute atomic E-state index is 0.0593. The highest BCUT2D eigenvalue weighted by Crippen LogP contribution is 2.17. The molecule has 0 aromatic carbocycles. The molecule has 0 spiro atoms. The van der Waals surface area contributed by atoms with Crippen molar-refractivity contribution in [1.29, 1.82) is 0 Å². The standard InChI is InChI=1S/C14H20FN3O2/c1-3-16-13-12(7-10(15)8-17-13)14(19)18-11-4-5-20-9(2)6-11/h7-9,11H,3-6H2,1-2H3,(H,16,17)(H,18,19). The number of pyridine rings is 1. The molecule has 1 aliphatic rings. The van der Waals surface area contributed by atoms with E-state index in [1.807, 2.05) is 13.8 Å². The SMILES string of the molecule is CCNc1ncc(F)cc1C(=O)NC1CCOC(C)C1. The smallest absolute Gasteiger partial charge is 0.255 e. The van der Waals surface area contributed by atoms with E-state index in [0.717, 1.165) is 19.0 Å². The number of nitrogens with zero attached hydrogens (tertiary/aromatic N) is 1. The van der Waals surface area contributed by atoms with Crippen LogP contribution in [0.15, 0.2) is 12.3 Å². The fraction of sp³-hybridized carbons (Fsp3) is 0.571. The van der Waals surface area contributed by atoms with Gasteiger partial charge >= 0.3 is 0 Å². The molecule has 6 heteroatoms. The highest BCUT2D eigenvalue weighted by atomic mass is 19.1. The monoisotopic (exact) mass is 281 g/mol. The molecule has 2 heterocycles. The number of halogens is 1. The quantitative estimate of drug-likeness (QED) is 0.885. The van der Waals surface area contributed by atoms with E-state index in [0.29, 0.717) is 19.0 Å². The van der Waals surface area contributed by atoms with E-state index in [9.17, 15) is 9.18 Å². The van der Waals surface area contributed by atoms with E-state index < -0.39 is 5.82 Å². The number of hydrogen-bond donors (Lipinski definition) is 2. The molecule has 2 unspecified atom stereocenters. The van der Waals surface area contributed by atoms with Gasteiger partial charge in [0.25, 0.3) is 5.91 Å². The van der Waals surface area contributed by atoms with Gasteiger partial charge in [0.15, 0.2) is 0 Å². The molecule has 0 radical (unpaired) electrons. The van der Waals surface area contributed by atoms with Crippen LogP contribution in [0.4, 0.5) is 10.2 Å². The predicted molar refractivity (Wildman–Crippen MR) is 74.3 cm³/mol. The van der Waals surface area contributed by atoms with E-state index >= 15 is 0 Å². The number of aromatic nitrogens is 1. The van der Waals surface area contributed by atoms with Gasteiger partial charge in [0.1, 0.15) is 11.6 Å². The molecule has 1 fully saturated rings. The Bertz CT molecular complexity index is 481. The van der Waals surface area contributed by atoms with Gasteiger partial charge in [0, 0.05) is 19.2 Å². The number of nitrogens with one attached hydrogen (secondary N) is 2. The zero-order chi connectivity index (χ0) is 14.5. The van der Waals surface area contributed by atoms with Crippen molar-refractivity contribution < 1.29 is 13.9 Å². The van der Waals surface area contributed by atoms with Crippen LogP contribution in [0.5, 0.6) is 0 Å². The van der Waals surface area contributed by atoms with Crippen LogP contribution in [0, 0.1) is 5.82 Å². The lowest BCUT2D eigenvalue weighted by atomic mass is 10.0. The molecule has 2 N–H and O–H groups in total. The third-order valence-electron chi connectivity index (χ3n) is 3.26. The number of amides is 1. The van der Waals surface area contributed by atoms with Gasteiger partial charge in [-0.2, -0.15) is 0 Å². The summed E-state index contributed by atoms with van der Waals surface area (Å²) in [5.74, 6) is -0.407. The molecular formula is C14H20FN3O2. The predicted octanol–water partition coefficient (Wildman–Crippen LogP) is 1.95. The summed E-state index contributed by atoms with van der Waals surface area (Å²) in [6.07, 6.45) is 2.78. The molecule has 110 valence electrons. The molecule has 0 saturated carbocycles. The summed E-state index contributed by atoms with van der Waals surface area (Å²) >= 11 is 0. The van der Waals surface area contributed by atoms with Crippen molar-refractivity contribution in [2.45, 2.75) is 38.8 Å². The van der Waals surface area contributed by atoms with Crippen molar-refractivity contribution >= 4 is 11.7 Å². The summed E-state index contributed by atoms with van der Waals surface area (Å²) in [5.41, 5.74) is 0.242. The summed E-state index contributed by atoms with van der Waals surface area (Å²) in [6, 6.07) is 1.27. The largest absolute Gasteiger partial charge is 0.378 e. The van der Waals surface area contributed by atoms with E-state index in [4.69, 9.17) is 4.74 Å². The summed E-state index contributed by atoms with van der Waals surface area (Å²) in [5, 5.41) is 5.89. The number of ether oxygens (including phenoxy) is 1. The van der Waals surface area contributed by atoms with Crippen LogP contribution in [0.3, 0.4) is 0 Å². The van der Waals surface area contributed by atoms with Gasteiger partial charge in [0.05, 0.1) is 17.9 Å². The fourth-order valence-corrected chi connectivity index (χ4v) is 2.31. The lowest BCUT2D eigenvalue weighted by Gasteiger charge is -2.28. The van der Waals surface area contributed by atoms with Gasteiger partial charge in [-0.3, -0.25) is 4.79 Å². The topological polar surface area (TPSA) is 63.2 Å². The third-order valence-corrected chi connectivity index (χ3v) is 3.26. The molecule has 0 bridgehead atoms. The van der Waals surface area contributed by atoms with Crippen molar-refractivity contribution in [1.82, 2.24) is 10.3 Å². The van der Waals surface area contributed by atoms with Gasteiger partial charge in [-0.25, -0.2) is 9.37 Å². The Kier molecular flexibility index (Phi) is 4.89. The molecule has 1 saturated heterocycles. The van der Waals surface area contributed by atoms with Gasteiger partial charge in [-0.05, 0) is 32.8 Å². The Labute approximate surface area is 117 Å². The summed E-state index contributed by atoms with van der Waals surface area (Å²) < 4.78 is 18.7. The number of carbonyl (C=O) groups is 1. The number of anilines is 1. The molecule has 5 nitrogen and oxygen atoms in total. The van der Waals surface area contributed by atoms with Crippen LogP contribution in [-0.2, 0) is 4.74 Å².